The van der Waals surface area contributed by atoms with E-state index < -0.39 is 0 Å². The molecule has 20 heavy (non-hydrogen) atoms. The van der Waals surface area contributed by atoms with Gasteiger partial charge < -0.3 is 10.2 Å². The van der Waals surface area contributed by atoms with Crippen molar-refractivity contribution in [2.45, 2.75) is 51.1 Å². The van der Waals surface area contributed by atoms with Crippen molar-refractivity contribution in [3.05, 3.63) is 11.9 Å². The summed E-state index contributed by atoms with van der Waals surface area (Å²) in [5.41, 5.74) is 0.504. The fraction of sp³-hybridized carbons (Fsp3) is 0.786. The zero-order valence-corrected chi connectivity index (χ0v) is 12.1. The standard InChI is InChI=1S/C14H23N5O/c1-2-9-18(11-3-4-11)14(20)13-10-19(17-16-13)12-5-7-15-8-6-12/h10-12,15H,2-9H2,1H3. The molecule has 2 heterocycles. The minimum Gasteiger partial charge on any atom is -0.334 e. The molecule has 1 N–H and O–H groups in total. The quantitative estimate of drug-likeness (QED) is 0.879. The molecule has 1 aliphatic carbocycles. The topological polar surface area (TPSA) is 63.1 Å². The van der Waals surface area contributed by atoms with Crippen LogP contribution in [0.3, 0.4) is 0 Å². The van der Waals surface area contributed by atoms with Crippen molar-refractivity contribution in [2.24, 2.45) is 0 Å². The summed E-state index contributed by atoms with van der Waals surface area (Å²) < 4.78 is 1.88. The molecule has 1 amide bonds. The van der Waals surface area contributed by atoms with Gasteiger partial charge >= 0.3 is 0 Å². The Labute approximate surface area is 119 Å². The number of rotatable bonds is 5. The molecule has 1 saturated heterocycles. The minimum absolute atomic E-state index is 0.0505. The maximum atomic E-state index is 12.5. The highest BCUT2D eigenvalue weighted by atomic mass is 16.2. The Kier molecular flexibility index (Phi) is 4.00. The van der Waals surface area contributed by atoms with Crippen molar-refractivity contribution < 1.29 is 4.79 Å². The maximum absolute atomic E-state index is 12.5. The van der Waals surface area contributed by atoms with Crippen molar-refractivity contribution in [1.82, 2.24) is 25.2 Å². The van der Waals surface area contributed by atoms with Gasteiger partial charge in [-0.15, -0.1) is 5.10 Å². The zero-order valence-electron chi connectivity index (χ0n) is 12.1. The lowest BCUT2D eigenvalue weighted by Crippen LogP contribution is -2.34. The van der Waals surface area contributed by atoms with Gasteiger partial charge in [0.25, 0.3) is 5.91 Å². The van der Waals surface area contributed by atoms with Crippen molar-refractivity contribution >= 4 is 5.91 Å². The van der Waals surface area contributed by atoms with Gasteiger partial charge in [-0.3, -0.25) is 4.79 Å². The third-order valence-corrected chi connectivity index (χ3v) is 4.13. The normalized spacial score (nSPS) is 20.1. The van der Waals surface area contributed by atoms with Gasteiger partial charge in [0.1, 0.15) is 0 Å². The summed E-state index contributed by atoms with van der Waals surface area (Å²) in [5, 5.41) is 11.6. The number of amides is 1. The lowest BCUT2D eigenvalue weighted by atomic mass is 10.1. The summed E-state index contributed by atoms with van der Waals surface area (Å²) in [7, 11) is 0. The van der Waals surface area contributed by atoms with Gasteiger partial charge in [-0.05, 0) is 45.2 Å². The molecule has 2 fully saturated rings. The number of nitrogens with one attached hydrogen (secondary N) is 1. The number of aromatic nitrogens is 3. The van der Waals surface area contributed by atoms with E-state index >= 15 is 0 Å². The van der Waals surface area contributed by atoms with Crippen LogP contribution in [0.25, 0.3) is 0 Å². The van der Waals surface area contributed by atoms with Crippen LogP contribution in [0.1, 0.15) is 55.6 Å². The molecule has 110 valence electrons. The molecular formula is C14H23N5O. The Morgan fingerprint density at radius 2 is 2.15 bits per heavy atom. The number of carbonyl (C=O) groups excluding carboxylic acids is 1. The van der Waals surface area contributed by atoms with Gasteiger partial charge in [-0.1, -0.05) is 12.1 Å². The minimum atomic E-state index is 0.0505. The monoisotopic (exact) mass is 277 g/mol. The predicted molar refractivity (Wildman–Crippen MR) is 75.5 cm³/mol. The molecule has 3 rings (SSSR count). The molecule has 1 aromatic rings. The Balaban J connectivity index is 1.69. The van der Waals surface area contributed by atoms with E-state index in [1.807, 2.05) is 15.8 Å². The molecular weight excluding hydrogens is 254 g/mol. The molecule has 2 aliphatic rings. The Hall–Kier alpha value is -1.43. The van der Waals surface area contributed by atoms with Gasteiger partial charge in [0.15, 0.2) is 5.69 Å². The third kappa shape index (κ3) is 2.85. The first-order chi connectivity index (χ1) is 9.79. The summed E-state index contributed by atoms with van der Waals surface area (Å²) in [6, 6.07) is 0.817. The number of nitrogens with zero attached hydrogens (tertiary/aromatic N) is 4. The molecule has 6 nitrogen and oxygen atoms in total. The van der Waals surface area contributed by atoms with Gasteiger partial charge in [0, 0.05) is 12.6 Å². The molecule has 1 saturated carbocycles. The Morgan fingerprint density at radius 3 is 2.80 bits per heavy atom. The van der Waals surface area contributed by atoms with Crippen molar-refractivity contribution in [3.8, 4) is 0 Å². The molecule has 0 aromatic carbocycles. The molecule has 0 unspecified atom stereocenters. The van der Waals surface area contributed by atoms with E-state index in [-0.39, 0.29) is 5.91 Å². The molecule has 0 atom stereocenters. The fourth-order valence-corrected chi connectivity index (χ4v) is 2.85. The zero-order chi connectivity index (χ0) is 13.9. The second-order valence-corrected chi connectivity index (χ2v) is 5.79. The summed E-state index contributed by atoms with van der Waals surface area (Å²) in [6.07, 6.45) is 7.20. The van der Waals surface area contributed by atoms with Crippen molar-refractivity contribution in [1.29, 1.82) is 0 Å². The number of piperidine rings is 1. The Bertz CT molecular complexity index is 462. The highest BCUT2D eigenvalue weighted by molar-refractivity contribution is 5.92. The van der Waals surface area contributed by atoms with E-state index in [1.54, 1.807) is 0 Å². The SMILES string of the molecule is CCCN(C(=O)c1cn(C2CCNCC2)nn1)C1CC1. The smallest absolute Gasteiger partial charge is 0.276 e. The average Bonchev–Trinajstić information content (AvgIpc) is 3.21. The van der Waals surface area contributed by atoms with E-state index in [0.29, 0.717) is 17.8 Å². The molecule has 0 radical (unpaired) electrons. The van der Waals surface area contributed by atoms with Crippen molar-refractivity contribution in [3.63, 3.8) is 0 Å². The second-order valence-electron chi connectivity index (χ2n) is 5.79. The van der Waals surface area contributed by atoms with E-state index in [9.17, 15) is 4.79 Å². The van der Waals surface area contributed by atoms with E-state index in [4.69, 9.17) is 0 Å². The van der Waals surface area contributed by atoms with Gasteiger partial charge in [-0.25, -0.2) is 4.68 Å². The summed E-state index contributed by atoms with van der Waals surface area (Å²) in [4.78, 5) is 14.5. The largest absolute Gasteiger partial charge is 0.334 e. The first kappa shape index (κ1) is 13.5. The lowest BCUT2D eigenvalue weighted by molar-refractivity contribution is 0.0737. The maximum Gasteiger partial charge on any atom is 0.276 e. The van der Waals surface area contributed by atoms with Crippen LogP contribution >= 0.6 is 0 Å². The van der Waals surface area contributed by atoms with Crippen LogP contribution in [-0.2, 0) is 0 Å². The number of carbonyl (C=O) groups is 1. The van der Waals surface area contributed by atoms with Crippen LogP contribution in [0.15, 0.2) is 6.20 Å². The summed E-state index contributed by atoms with van der Waals surface area (Å²) in [5.74, 6) is 0.0505. The first-order valence-corrected chi connectivity index (χ1v) is 7.73. The molecule has 1 aliphatic heterocycles. The van der Waals surface area contributed by atoms with Crippen LogP contribution in [0.2, 0.25) is 0 Å². The molecule has 0 bridgehead atoms. The lowest BCUT2D eigenvalue weighted by Gasteiger charge is -2.22. The predicted octanol–water partition coefficient (Wildman–Crippen LogP) is 1.22. The Morgan fingerprint density at radius 1 is 1.40 bits per heavy atom. The van der Waals surface area contributed by atoms with Crippen LogP contribution in [-0.4, -0.2) is 51.5 Å². The third-order valence-electron chi connectivity index (χ3n) is 4.13. The van der Waals surface area contributed by atoms with E-state index in [2.05, 4.69) is 22.6 Å². The highest BCUT2D eigenvalue weighted by Gasteiger charge is 2.33. The molecule has 6 heteroatoms. The highest BCUT2D eigenvalue weighted by Crippen LogP contribution is 2.28. The van der Waals surface area contributed by atoms with Crippen molar-refractivity contribution in [2.75, 3.05) is 19.6 Å². The number of hydrogen-bond acceptors (Lipinski definition) is 4. The molecule has 1 aromatic heterocycles. The van der Waals surface area contributed by atoms with Gasteiger partial charge in [-0.2, -0.15) is 0 Å². The summed E-state index contributed by atoms with van der Waals surface area (Å²) >= 11 is 0. The molecule has 0 spiro atoms. The fourth-order valence-electron chi connectivity index (χ4n) is 2.85. The average molecular weight is 277 g/mol. The van der Waals surface area contributed by atoms with E-state index in [1.165, 1.54) is 0 Å². The van der Waals surface area contributed by atoms with Crippen LogP contribution < -0.4 is 5.32 Å². The number of hydrogen-bond donors (Lipinski definition) is 1. The van der Waals surface area contributed by atoms with Gasteiger partial charge in [0.05, 0.1) is 12.2 Å². The van der Waals surface area contributed by atoms with Crippen LogP contribution in [0.5, 0.6) is 0 Å². The first-order valence-electron chi connectivity index (χ1n) is 7.73. The van der Waals surface area contributed by atoms with Gasteiger partial charge in [0.2, 0.25) is 0 Å². The summed E-state index contributed by atoms with van der Waals surface area (Å²) in [6.45, 7) is 4.95. The van der Waals surface area contributed by atoms with Crippen LogP contribution in [0, 0.1) is 0 Å². The second kappa shape index (κ2) is 5.91. The van der Waals surface area contributed by atoms with E-state index in [0.717, 1.165) is 51.7 Å². The van der Waals surface area contributed by atoms with Crippen LogP contribution in [0.4, 0.5) is 0 Å².